The van der Waals surface area contributed by atoms with Crippen LogP contribution in [0.4, 0.5) is 5.69 Å². The zero-order valence-electron chi connectivity index (χ0n) is 12.6. The van der Waals surface area contributed by atoms with E-state index in [9.17, 15) is 4.79 Å². The summed E-state index contributed by atoms with van der Waals surface area (Å²) < 4.78 is 0. The Labute approximate surface area is 125 Å². The number of pyridine rings is 1. The number of anilines is 1. The number of aromatic nitrogens is 1. The first-order valence-electron chi connectivity index (χ1n) is 7.53. The number of hydrogen-bond acceptors (Lipinski definition) is 3. The third-order valence-electron chi connectivity index (χ3n) is 4.29. The molecule has 0 aliphatic carbocycles. The molecule has 3 rings (SSSR count). The minimum atomic E-state index is 0.0991. The number of para-hydroxylation sites is 1. The van der Waals surface area contributed by atoms with Crippen molar-refractivity contribution in [2.45, 2.75) is 32.7 Å². The van der Waals surface area contributed by atoms with Crippen LogP contribution < -0.4 is 10.2 Å². The maximum atomic E-state index is 12.2. The SMILES string of the molecule is CC(=O)N(c1cnc2ccccc2c1C)C1CCNCC1. The van der Waals surface area contributed by atoms with E-state index in [1.807, 2.05) is 29.3 Å². The molecule has 1 saturated heterocycles. The summed E-state index contributed by atoms with van der Waals surface area (Å²) in [6.45, 7) is 5.66. The number of nitrogens with zero attached hydrogens (tertiary/aromatic N) is 2. The maximum absolute atomic E-state index is 12.2. The Hall–Kier alpha value is -1.94. The van der Waals surface area contributed by atoms with Gasteiger partial charge in [-0.15, -0.1) is 0 Å². The number of fused-ring (bicyclic) bond motifs is 1. The van der Waals surface area contributed by atoms with Crippen LogP contribution in [-0.4, -0.2) is 30.0 Å². The van der Waals surface area contributed by atoms with Gasteiger partial charge in [-0.25, -0.2) is 0 Å². The second-order valence-electron chi connectivity index (χ2n) is 5.66. The van der Waals surface area contributed by atoms with Gasteiger partial charge in [-0.1, -0.05) is 18.2 Å². The molecule has 1 amide bonds. The van der Waals surface area contributed by atoms with Crippen LogP contribution in [0.25, 0.3) is 10.9 Å². The topological polar surface area (TPSA) is 45.2 Å². The molecule has 1 aromatic heterocycles. The molecular weight excluding hydrogens is 262 g/mol. The Kier molecular flexibility index (Phi) is 3.88. The van der Waals surface area contributed by atoms with E-state index in [1.165, 1.54) is 0 Å². The molecule has 4 heteroatoms. The molecule has 110 valence electrons. The van der Waals surface area contributed by atoms with Gasteiger partial charge in [-0.3, -0.25) is 9.78 Å². The number of carbonyl (C=O) groups is 1. The molecule has 2 aromatic rings. The van der Waals surface area contributed by atoms with Crippen LogP contribution in [0.1, 0.15) is 25.3 Å². The van der Waals surface area contributed by atoms with E-state index in [0.29, 0.717) is 0 Å². The third kappa shape index (κ3) is 2.63. The Morgan fingerprint density at radius 1 is 1.29 bits per heavy atom. The lowest BCUT2D eigenvalue weighted by Gasteiger charge is -2.34. The fourth-order valence-corrected chi connectivity index (χ4v) is 3.20. The highest BCUT2D eigenvalue weighted by Crippen LogP contribution is 2.29. The third-order valence-corrected chi connectivity index (χ3v) is 4.29. The summed E-state index contributed by atoms with van der Waals surface area (Å²) in [5.41, 5.74) is 3.06. The minimum absolute atomic E-state index is 0.0991. The fraction of sp³-hybridized carbons (Fsp3) is 0.412. The Bertz CT molecular complexity index is 662. The van der Waals surface area contributed by atoms with E-state index in [2.05, 4.69) is 23.3 Å². The van der Waals surface area contributed by atoms with Crippen molar-refractivity contribution in [3.05, 3.63) is 36.0 Å². The highest BCUT2D eigenvalue weighted by Gasteiger charge is 2.26. The highest BCUT2D eigenvalue weighted by atomic mass is 16.2. The second kappa shape index (κ2) is 5.82. The molecule has 1 aromatic carbocycles. The average molecular weight is 283 g/mol. The lowest BCUT2D eigenvalue weighted by molar-refractivity contribution is -0.117. The number of rotatable bonds is 2. The molecule has 0 atom stereocenters. The molecule has 0 unspecified atom stereocenters. The van der Waals surface area contributed by atoms with Crippen LogP contribution in [0, 0.1) is 6.92 Å². The smallest absolute Gasteiger partial charge is 0.224 e. The quantitative estimate of drug-likeness (QED) is 0.921. The van der Waals surface area contributed by atoms with Gasteiger partial charge in [0.2, 0.25) is 5.91 Å². The van der Waals surface area contributed by atoms with Crippen LogP contribution in [0.2, 0.25) is 0 Å². The van der Waals surface area contributed by atoms with Crippen LogP contribution >= 0.6 is 0 Å². The number of hydrogen-bond donors (Lipinski definition) is 1. The number of benzene rings is 1. The molecule has 1 aliphatic heterocycles. The van der Waals surface area contributed by atoms with Gasteiger partial charge in [0.1, 0.15) is 0 Å². The Morgan fingerprint density at radius 3 is 2.71 bits per heavy atom. The van der Waals surface area contributed by atoms with Crippen molar-refractivity contribution in [1.82, 2.24) is 10.3 Å². The van der Waals surface area contributed by atoms with Crippen LogP contribution in [0.5, 0.6) is 0 Å². The normalized spacial score (nSPS) is 16.1. The maximum Gasteiger partial charge on any atom is 0.224 e. The number of aryl methyl sites for hydroxylation is 1. The summed E-state index contributed by atoms with van der Waals surface area (Å²) in [5.74, 6) is 0.0991. The van der Waals surface area contributed by atoms with Crippen molar-refractivity contribution in [2.24, 2.45) is 0 Å². The van der Waals surface area contributed by atoms with Gasteiger partial charge in [-0.05, 0) is 44.5 Å². The van der Waals surface area contributed by atoms with Crippen LogP contribution in [-0.2, 0) is 4.79 Å². The van der Waals surface area contributed by atoms with E-state index in [4.69, 9.17) is 0 Å². The highest BCUT2D eigenvalue weighted by molar-refractivity contribution is 5.96. The molecule has 1 fully saturated rings. The van der Waals surface area contributed by atoms with Gasteiger partial charge in [-0.2, -0.15) is 0 Å². The minimum Gasteiger partial charge on any atom is -0.317 e. The Balaban J connectivity index is 2.06. The van der Waals surface area contributed by atoms with E-state index >= 15 is 0 Å². The van der Waals surface area contributed by atoms with Crippen LogP contribution in [0.15, 0.2) is 30.5 Å². The van der Waals surface area contributed by atoms with E-state index in [0.717, 1.165) is 48.1 Å². The van der Waals surface area contributed by atoms with Crippen LogP contribution in [0.3, 0.4) is 0 Å². The number of piperidine rings is 1. The summed E-state index contributed by atoms with van der Waals surface area (Å²) in [7, 11) is 0. The van der Waals surface area contributed by atoms with Gasteiger partial charge in [0.05, 0.1) is 17.4 Å². The van der Waals surface area contributed by atoms with Crippen molar-refractivity contribution in [3.8, 4) is 0 Å². The average Bonchev–Trinajstić information content (AvgIpc) is 2.51. The van der Waals surface area contributed by atoms with E-state index < -0.39 is 0 Å². The van der Waals surface area contributed by atoms with Crippen molar-refractivity contribution in [2.75, 3.05) is 18.0 Å². The molecule has 4 nitrogen and oxygen atoms in total. The lowest BCUT2D eigenvalue weighted by Crippen LogP contribution is -2.45. The molecule has 1 N–H and O–H groups in total. The van der Waals surface area contributed by atoms with Gasteiger partial charge < -0.3 is 10.2 Å². The predicted octanol–water partition coefficient (Wildman–Crippen LogP) is 2.65. The second-order valence-corrected chi connectivity index (χ2v) is 5.66. The van der Waals surface area contributed by atoms with Gasteiger partial charge in [0.15, 0.2) is 0 Å². The van der Waals surface area contributed by atoms with Gasteiger partial charge >= 0.3 is 0 Å². The van der Waals surface area contributed by atoms with E-state index in [1.54, 1.807) is 6.92 Å². The molecule has 0 bridgehead atoms. The number of amides is 1. The summed E-state index contributed by atoms with van der Waals surface area (Å²) in [6, 6.07) is 8.36. The zero-order chi connectivity index (χ0) is 14.8. The van der Waals surface area contributed by atoms with Crippen molar-refractivity contribution >= 4 is 22.5 Å². The zero-order valence-corrected chi connectivity index (χ0v) is 12.6. The molecule has 0 radical (unpaired) electrons. The number of carbonyl (C=O) groups excluding carboxylic acids is 1. The summed E-state index contributed by atoms with van der Waals surface area (Å²) in [4.78, 5) is 18.7. The van der Waals surface area contributed by atoms with Crippen molar-refractivity contribution in [1.29, 1.82) is 0 Å². The van der Waals surface area contributed by atoms with Crippen molar-refractivity contribution in [3.63, 3.8) is 0 Å². The first kappa shape index (κ1) is 14.0. The number of nitrogens with one attached hydrogen (secondary N) is 1. The largest absolute Gasteiger partial charge is 0.317 e. The molecule has 0 spiro atoms. The molecular formula is C17H21N3O. The fourth-order valence-electron chi connectivity index (χ4n) is 3.20. The lowest BCUT2D eigenvalue weighted by atomic mass is 10.0. The first-order valence-corrected chi connectivity index (χ1v) is 7.53. The van der Waals surface area contributed by atoms with Gasteiger partial charge in [0, 0.05) is 18.4 Å². The van der Waals surface area contributed by atoms with E-state index in [-0.39, 0.29) is 11.9 Å². The first-order chi connectivity index (χ1) is 10.2. The molecule has 0 saturated carbocycles. The standard InChI is InChI=1S/C17H21N3O/c1-12-15-5-3-4-6-16(15)19-11-17(12)20(13(2)21)14-7-9-18-10-8-14/h3-6,11,14,18H,7-10H2,1-2H3. The Morgan fingerprint density at radius 2 is 2.00 bits per heavy atom. The molecule has 2 heterocycles. The predicted molar refractivity (Wildman–Crippen MR) is 85.5 cm³/mol. The summed E-state index contributed by atoms with van der Waals surface area (Å²) in [6.07, 6.45) is 3.83. The summed E-state index contributed by atoms with van der Waals surface area (Å²) in [5, 5.41) is 4.47. The van der Waals surface area contributed by atoms with Crippen molar-refractivity contribution < 1.29 is 4.79 Å². The monoisotopic (exact) mass is 283 g/mol. The molecule has 21 heavy (non-hydrogen) atoms. The molecule has 1 aliphatic rings. The summed E-state index contributed by atoms with van der Waals surface area (Å²) >= 11 is 0. The van der Waals surface area contributed by atoms with Gasteiger partial charge in [0.25, 0.3) is 0 Å².